The van der Waals surface area contributed by atoms with Gasteiger partial charge in [-0.15, -0.1) is 0 Å². The lowest BCUT2D eigenvalue weighted by Gasteiger charge is -2.03. The summed E-state index contributed by atoms with van der Waals surface area (Å²) in [5, 5.41) is 49.2. The number of hydrogen-bond acceptors (Lipinski definition) is 6. The summed E-state index contributed by atoms with van der Waals surface area (Å²) in [4.78, 5) is 30.5. The van der Waals surface area contributed by atoms with Gasteiger partial charge >= 0.3 is 17.9 Å². The summed E-state index contributed by atoms with van der Waals surface area (Å²) in [6.45, 7) is 5.90. The molecule has 0 bridgehead atoms. The molecule has 9 nitrogen and oxygen atoms in total. The Hall–Kier alpha value is -1.71. The highest BCUT2D eigenvalue weighted by Gasteiger charge is 1.99. The van der Waals surface area contributed by atoms with Crippen LogP contribution in [0.1, 0.15) is 239 Å². The number of unbranched alkanes of at least 4 members (excludes halogenated alkanes) is 28. The number of aliphatic hydroxyl groups is 3. The number of aliphatic hydroxyl groups excluding tert-OH is 3. The molecule has 0 unspecified atom stereocenters. The average molecular weight is 749 g/mol. The van der Waals surface area contributed by atoms with E-state index in [1.54, 1.807) is 0 Å². The second kappa shape index (κ2) is 53.6. The van der Waals surface area contributed by atoms with Crippen LogP contribution in [-0.4, -0.2) is 67.9 Å². The van der Waals surface area contributed by atoms with Crippen molar-refractivity contribution in [1.29, 1.82) is 0 Å². The van der Waals surface area contributed by atoms with Crippen molar-refractivity contribution in [3.8, 4) is 0 Å². The van der Waals surface area contributed by atoms with Gasteiger partial charge in [0.25, 0.3) is 0 Å². The van der Waals surface area contributed by atoms with Crippen LogP contribution in [0.5, 0.6) is 0 Å². The zero-order valence-corrected chi connectivity index (χ0v) is 34.4. The molecule has 0 aliphatic rings. The Balaban J connectivity index is -0.000000341. The van der Waals surface area contributed by atoms with Crippen LogP contribution >= 0.6 is 0 Å². The van der Waals surface area contributed by atoms with Crippen molar-refractivity contribution < 1.29 is 45.0 Å². The summed E-state index contributed by atoms with van der Waals surface area (Å²) in [6.07, 6.45) is 39.7. The number of aliphatic carboxylic acids is 3. The summed E-state index contributed by atoms with van der Waals surface area (Å²) in [5.74, 6) is -1.98. The van der Waals surface area contributed by atoms with Gasteiger partial charge < -0.3 is 30.6 Å². The number of carboxylic acids is 3. The van der Waals surface area contributed by atoms with Crippen LogP contribution in [-0.2, 0) is 14.4 Å². The van der Waals surface area contributed by atoms with Gasteiger partial charge in [0.2, 0.25) is 0 Å². The smallest absolute Gasteiger partial charge is 0.303 e. The molecule has 0 aliphatic carbocycles. The van der Waals surface area contributed by atoms with Crippen LogP contribution in [0.4, 0.5) is 0 Å². The fourth-order valence-corrected chi connectivity index (χ4v) is 5.53. The molecule has 0 radical (unpaired) electrons. The maximum Gasteiger partial charge on any atom is 0.303 e. The molecular formula is C43H88O9. The predicted octanol–water partition coefficient (Wildman–Crippen LogP) is 11.9. The summed E-state index contributed by atoms with van der Waals surface area (Å²) in [6, 6.07) is 0. The third kappa shape index (κ3) is 70.0. The van der Waals surface area contributed by atoms with Crippen LogP contribution in [0, 0.1) is 0 Å². The van der Waals surface area contributed by atoms with E-state index in [0.29, 0.717) is 19.3 Å². The molecule has 6 N–H and O–H groups in total. The fraction of sp³-hybridized carbons (Fsp3) is 0.930. The second-order valence-corrected chi connectivity index (χ2v) is 14.3. The zero-order chi connectivity index (χ0) is 39.8. The molecule has 0 heterocycles. The molecule has 0 aromatic carbocycles. The number of carbonyl (C=O) groups is 3. The SMILES string of the molecule is CCCCCCCC(=O)O.CCCCCCCCCC(=O)O.CCCCCCCCCCCCCCCCCCCCCC(=O)O.OCC(O)CO. The van der Waals surface area contributed by atoms with E-state index in [-0.39, 0.29) is 13.2 Å². The lowest BCUT2D eigenvalue weighted by Crippen LogP contribution is -2.15. The summed E-state index contributed by atoms with van der Waals surface area (Å²) in [7, 11) is 0. The lowest BCUT2D eigenvalue weighted by molar-refractivity contribution is -0.138. The molecule has 0 aromatic rings. The monoisotopic (exact) mass is 749 g/mol. The van der Waals surface area contributed by atoms with Crippen LogP contribution in [0.15, 0.2) is 0 Å². The van der Waals surface area contributed by atoms with Crippen LogP contribution < -0.4 is 0 Å². The minimum absolute atomic E-state index is 0.337. The Labute approximate surface area is 320 Å². The third-order valence-corrected chi connectivity index (χ3v) is 8.90. The second-order valence-electron chi connectivity index (χ2n) is 14.3. The van der Waals surface area contributed by atoms with Gasteiger partial charge in [0.15, 0.2) is 0 Å². The highest BCUT2D eigenvalue weighted by atomic mass is 16.4. The van der Waals surface area contributed by atoms with E-state index >= 15 is 0 Å². The molecule has 9 heteroatoms. The molecule has 0 spiro atoms. The summed E-state index contributed by atoms with van der Waals surface area (Å²) < 4.78 is 0. The molecule has 0 saturated carbocycles. The number of hydrogen-bond donors (Lipinski definition) is 6. The molecule has 0 aliphatic heterocycles. The molecule has 0 amide bonds. The normalized spacial score (nSPS) is 10.4. The summed E-state index contributed by atoms with van der Waals surface area (Å²) >= 11 is 0. The van der Waals surface area contributed by atoms with Gasteiger partial charge in [0.1, 0.15) is 6.10 Å². The van der Waals surface area contributed by atoms with Gasteiger partial charge in [-0.1, -0.05) is 201 Å². The van der Waals surface area contributed by atoms with Crippen LogP contribution in [0.3, 0.4) is 0 Å². The van der Waals surface area contributed by atoms with Crippen LogP contribution in [0.25, 0.3) is 0 Å². The van der Waals surface area contributed by atoms with Gasteiger partial charge in [0.05, 0.1) is 13.2 Å². The minimum Gasteiger partial charge on any atom is -0.481 e. The van der Waals surface area contributed by atoms with Gasteiger partial charge in [-0.3, -0.25) is 14.4 Å². The van der Waals surface area contributed by atoms with Gasteiger partial charge in [0, 0.05) is 19.3 Å². The largest absolute Gasteiger partial charge is 0.481 e. The van der Waals surface area contributed by atoms with E-state index in [0.717, 1.165) is 38.5 Å². The minimum atomic E-state index is -0.954. The molecule has 0 fully saturated rings. The zero-order valence-electron chi connectivity index (χ0n) is 34.4. The maximum atomic E-state index is 10.4. The molecule has 52 heavy (non-hydrogen) atoms. The third-order valence-electron chi connectivity index (χ3n) is 8.90. The topological polar surface area (TPSA) is 173 Å². The standard InChI is InChI=1S/C22H44O2.C10H20O2.C8H16O2.C3H8O3/c1-2-3-4-5-6-7-8-9-10-11-12-13-14-15-16-17-18-19-20-21-22(23)24;1-2-3-4-5-6-7-8-9-10(11)12;1-2-3-4-5-6-7-8(9)10;4-1-3(6)2-5/h2-21H2,1H3,(H,23,24);2-9H2,1H3,(H,11,12);2-7H2,1H3,(H,9,10);3-6H,1-2H2. The Kier molecular flexibility index (Phi) is 58.8. The number of carboxylic acid groups (broad SMARTS) is 3. The average Bonchev–Trinajstić information content (AvgIpc) is 3.12. The Bertz CT molecular complexity index is 684. The molecular weight excluding hydrogens is 660 g/mol. The quantitative estimate of drug-likeness (QED) is 0.0341. The Morgan fingerprint density at radius 1 is 0.327 bits per heavy atom. The van der Waals surface area contributed by atoms with Crippen LogP contribution in [0.2, 0.25) is 0 Å². The first-order valence-electron chi connectivity index (χ1n) is 21.7. The molecule has 0 aromatic heterocycles. The Morgan fingerprint density at radius 2 is 0.481 bits per heavy atom. The molecule has 0 rings (SSSR count). The van der Waals surface area contributed by atoms with Crippen molar-refractivity contribution in [2.24, 2.45) is 0 Å². The predicted molar refractivity (Wildman–Crippen MR) is 217 cm³/mol. The molecule has 0 atom stereocenters. The highest BCUT2D eigenvalue weighted by molar-refractivity contribution is 5.67. The van der Waals surface area contributed by atoms with E-state index in [1.165, 1.54) is 161 Å². The maximum absolute atomic E-state index is 10.4. The first kappa shape index (κ1) is 57.0. The lowest BCUT2D eigenvalue weighted by atomic mass is 10.0. The van der Waals surface area contributed by atoms with Gasteiger partial charge in [-0.25, -0.2) is 0 Å². The Morgan fingerprint density at radius 3 is 0.596 bits per heavy atom. The first-order valence-corrected chi connectivity index (χ1v) is 21.7. The highest BCUT2D eigenvalue weighted by Crippen LogP contribution is 2.15. The van der Waals surface area contributed by atoms with Crippen molar-refractivity contribution in [3.05, 3.63) is 0 Å². The van der Waals surface area contributed by atoms with Crippen molar-refractivity contribution >= 4 is 17.9 Å². The van der Waals surface area contributed by atoms with E-state index in [1.807, 2.05) is 0 Å². The van der Waals surface area contributed by atoms with E-state index in [4.69, 9.17) is 30.6 Å². The van der Waals surface area contributed by atoms with E-state index in [2.05, 4.69) is 20.8 Å². The molecule has 0 saturated heterocycles. The van der Waals surface area contributed by atoms with E-state index < -0.39 is 24.0 Å². The fourth-order valence-electron chi connectivity index (χ4n) is 5.53. The first-order chi connectivity index (χ1) is 25.1. The van der Waals surface area contributed by atoms with Crippen molar-refractivity contribution in [3.63, 3.8) is 0 Å². The van der Waals surface area contributed by atoms with Crippen molar-refractivity contribution in [2.45, 2.75) is 245 Å². The molecule has 314 valence electrons. The van der Waals surface area contributed by atoms with Crippen molar-refractivity contribution in [2.75, 3.05) is 13.2 Å². The van der Waals surface area contributed by atoms with Crippen molar-refractivity contribution in [1.82, 2.24) is 0 Å². The van der Waals surface area contributed by atoms with Gasteiger partial charge in [-0.05, 0) is 19.3 Å². The summed E-state index contributed by atoms with van der Waals surface area (Å²) in [5.41, 5.74) is 0. The van der Waals surface area contributed by atoms with E-state index in [9.17, 15) is 14.4 Å². The van der Waals surface area contributed by atoms with Gasteiger partial charge in [-0.2, -0.15) is 0 Å². The number of rotatable bonds is 36.